The predicted octanol–water partition coefficient (Wildman–Crippen LogP) is 1.72. The van der Waals surface area contributed by atoms with Crippen molar-refractivity contribution in [1.29, 1.82) is 0 Å². The van der Waals surface area contributed by atoms with Crippen LogP contribution >= 0.6 is 0 Å². The fourth-order valence-electron chi connectivity index (χ4n) is 2.14. The van der Waals surface area contributed by atoms with Crippen molar-refractivity contribution in [1.82, 2.24) is 15.5 Å². The number of hydrogen-bond acceptors (Lipinski definition) is 6. The summed E-state index contributed by atoms with van der Waals surface area (Å²) in [6.07, 6.45) is 0.969. The quantitative estimate of drug-likeness (QED) is 0.667. The zero-order valence-corrected chi connectivity index (χ0v) is 10.1. The third-order valence-corrected chi connectivity index (χ3v) is 3.17. The van der Waals surface area contributed by atoms with Gasteiger partial charge in [0.2, 0.25) is 11.7 Å². The van der Waals surface area contributed by atoms with Crippen molar-refractivity contribution in [2.45, 2.75) is 12.3 Å². The van der Waals surface area contributed by atoms with E-state index in [4.69, 9.17) is 4.52 Å². The van der Waals surface area contributed by atoms with Crippen LogP contribution in [0.15, 0.2) is 28.8 Å². The molecule has 0 saturated carbocycles. The molecule has 0 radical (unpaired) electrons. The number of nitro benzene ring substituents is 1. The van der Waals surface area contributed by atoms with E-state index in [1.54, 1.807) is 12.1 Å². The molecule has 0 bridgehead atoms. The smallest absolute Gasteiger partial charge is 0.270 e. The number of hydrogen-bond donors (Lipinski definition) is 1. The van der Waals surface area contributed by atoms with Crippen LogP contribution in [0.25, 0.3) is 11.4 Å². The summed E-state index contributed by atoms with van der Waals surface area (Å²) in [4.78, 5) is 14.6. The van der Waals surface area contributed by atoms with Gasteiger partial charge in [-0.3, -0.25) is 10.1 Å². The Balaban J connectivity index is 1.89. The number of nitrogens with zero attached hydrogens (tertiary/aromatic N) is 3. The van der Waals surface area contributed by atoms with Crippen molar-refractivity contribution in [3.8, 4) is 11.4 Å². The number of nitro groups is 1. The van der Waals surface area contributed by atoms with Gasteiger partial charge >= 0.3 is 0 Å². The molecular formula is C12H12N4O3. The molecule has 98 valence electrons. The average molecular weight is 260 g/mol. The summed E-state index contributed by atoms with van der Waals surface area (Å²) in [5, 5.41) is 17.9. The summed E-state index contributed by atoms with van der Waals surface area (Å²) in [5.41, 5.74) is 0.613. The van der Waals surface area contributed by atoms with Gasteiger partial charge in [0.05, 0.1) is 10.8 Å². The van der Waals surface area contributed by atoms with E-state index in [1.807, 2.05) is 0 Å². The predicted molar refractivity (Wildman–Crippen MR) is 66.6 cm³/mol. The summed E-state index contributed by atoms with van der Waals surface area (Å²) in [5.74, 6) is 1.22. The lowest BCUT2D eigenvalue weighted by Gasteiger charge is -1.98. The minimum atomic E-state index is -0.439. The van der Waals surface area contributed by atoms with Gasteiger partial charge in [-0.1, -0.05) is 17.3 Å². The molecule has 7 heteroatoms. The lowest BCUT2D eigenvalue weighted by Crippen LogP contribution is -2.08. The minimum absolute atomic E-state index is 0.0198. The number of rotatable bonds is 3. The van der Waals surface area contributed by atoms with Gasteiger partial charge in [0.1, 0.15) is 0 Å². The number of benzene rings is 1. The van der Waals surface area contributed by atoms with Crippen LogP contribution in [0.5, 0.6) is 0 Å². The summed E-state index contributed by atoms with van der Waals surface area (Å²) >= 11 is 0. The van der Waals surface area contributed by atoms with Crippen molar-refractivity contribution in [3.05, 3.63) is 40.3 Å². The van der Waals surface area contributed by atoms with Gasteiger partial charge < -0.3 is 9.84 Å². The van der Waals surface area contributed by atoms with Gasteiger partial charge in [-0.25, -0.2) is 0 Å². The monoisotopic (exact) mass is 260 g/mol. The van der Waals surface area contributed by atoms with E-state index in [1.165, 1.54) is 12.1 Å². The van der Waals surface area contributed by atoms with Gasteiger partial charge in [-0.05, 0) is 13.0 Å². The second-order valence-corrected chi connectivity index (χ2v) is 4.45. The van der Waals surface area contributed by atoms with Gasteiger partial charge in [0.15, 0.2) is 0 Å². The first kappa shape index (κ1) is 11.8. The number of nitrogens with one attached hydrogen (secondary N) is 1. The Morgan fingerprint density at radius 3 is 3.11 bits per heavy atom. The van der Waals surface area contributed by atoms with Crippen molar-refractivity contribution in [3.63, 3.8) is 0 Å². The summed E-state index contributed by atoms with van der Waals surface area (Å²) in [7, 11) is 0. The van der Waals surface area contributed by atoms with Crippen molar-refractivity contribution >= 4 is 5.69 Å². The van der Waals surface area contributed by atoms with E-state index in [2.05, 4.69) is 15.5 Å². The van der Waals surface area contributed by atoms with Crippen LogP contribution in [-0.4, -0.2) is 28.2 Å². The lowest BCUT2D eigenvalue weighted by atomic mass is 10.1. The molecule has 1 atom stereocenters. The Bertz CT molecular complexity index is 605. The molecular weight excluding hydrogens is 248 g/mol. The zero-order chi connectivity index (χ0) is 13.2. The zero-order valence-electron chi connectivity index (χ0n) is 10.1. The second-order valence-electron chi connectivity index (χ2n) is 4.45. The standard InChI is InChI=1S/C12H12N4O3/c17-16(18)10-3-1-2-8(6-10)11-14-12(19-15-11)9-4-5-13-7-9/h1-3,6,9,13H,4-5,7H2. The highest BCUT2D eigenvalue weighted by Crippen LogP contribution is 2.25. The Kier molecular flexibility index (Phi) is 2.96. The molecule has 2 aromatic rings. The van der Waals surface area contributed by atoms with Crippen molar-refractivity contribution in [2.75, 3.05) is 13.1 Å². The van der Waals surface area contributed by atoms with E-state index in [0.717, 1.165) is 19.5 Å². The maximum atomic E-state index is 10.7. The second kappa shape index (κ2) is 4.77. The van der Waals surface area contributed by atoms with Gasteiger partial charge in [0, 0.05) is 24.2 Å². The third kappa shape index (κ3) is 2.32. The molecule has 0 amide bonds. The number of aromatic nitrogens is 2. The van der Waals surface area contributed by atoms with Crippen LogP contribution in [0.1, 0.15) is 18.2 Å². The van der Waals surface area contributed by atoms with Gasteiger partial charge in [-0.2, -0.15) is 4.98 Å². The molecule has 1 aromatic carbocycles. The maximum Gasteiger partial charge on any atom is 0.270 e. The van der Waals surface area contributed by atoms with Crippen LogP contribution in [0.3, 0.4) is 0 Å². The van der Waals surface area contributed by atoms with Crippen LogP contribution in [-0.2, 0) is 0 Å². The minimum Gasteiger partial charge on any atom is -0.339 e. The molecule has 0 aliphatic carbocycles. The SMILES string of the molecule is O=[N+]([O-])c1cccc(-c2noc(C3CCNC3)n2)c1. The van der Waals surface area contributed by atoms with Crippen LogP contribution in [0.2, 0.25) is 0 Å². The third-order valence-electron chi connectivity index (χ3n) is 3.17. The van der Waals surface area contributed by atoms with Crippen molar-refractivity contribution in [2.24, 2.45) is 0 Å². The molecule has 0 spiro atoms. The highest BCUT2D eigenvalue weighted by Gasteiger charge is 2.23. The summed E-state index contributed by atoms with van der Waals surface area (Å²) in [6, 6.07) is 6.22. The first-order chi connectivity index (χ1) is 9.24. The first-order valence-corrected chi connectivity index (χ1v) is 6.03. The van der Waals surface area contributed by atoms with Crippen LogP contribution in [0, 0.1) is 10.1 Å². The Morgan fingerprint density at radius 1 is 1.47 bits per heavy atom. The van der Waals surface area contributed by atoms with Crippen LogP contribution in [0.4, 0.5) is 5.69 Å². The van der Waals surface area contributed by atoms with E-state index >= 15 is 0 Å². The fourth-order valence-corrected chi connectivity index (χ4v) is 2.14. The highest BCUT2D eigenvalue weighted by atomic mass is 16.6. The van der Waals surface area contributed by atoms with E-state index in [-0.39, 0.29) is 11.6 Å². The molecule has 3 rings (SSSR count). The Labute approximate surface area is 108 Å². The van der Waals surface area contributed by atoms with Crippen LogP contribution < -0.4 is 5.32 Å². The lowest BCUT2D eigenvalue weighted by molar-refractivity contribution is -0.384. The molecule has 1 N–H and O–H groups in total. The molecule has 1 aliphatic rings. The molecule has 19 heavy (non-hydrogen) atoms. The summed E-state index contributed by atoms with van der Waals surface area (Å²) < 4.78 is 5.23. The largest absolute Gasteiger partial charge is 0.339 e. The average Bonchev–Trinajstić information content (AvgIpc) is 3.09. The molecule has 1 unspecified atom stereocenters. The Hall–Kier alpha value is -2.28. The normalized spacial score (nSPS) is 18.6. The van der Waals surface area contributed by atoms with E-state index < -0.39 is 4.92 Å². The fraction of sp³-hybridized carbons (Fsp3) is 0.333. The Morgan fingerprint density at radius 2 is 2.37 bits per heavy atom. The number of non-ortho nitro benzene ring substituents is 1. The van der Waals surface area contributed by atoms with E-state index in [0.29, 0.717) is 17.3 Å². The molecule has 1 aliphatic heterocycles. The molecule has 1 aromatic heterocycles. The van der Waals surface area contributed by atoms with Gasteiger partial charge in [0.25, 0.3) is 5.69 Å². The maximum absolute atomic E-state index is 10.7. The van der Waals surface area contributed by atoms with E-state index in [9.17, 15) is 10.1 Å². The first-order valence-electron chi connectivity index (χ1n) is 6.03. The molecule has 1 fully saturated rings. The molecule has 2 heterocycles. The highest BCUT2D eigenvalue weighted by molar-refractivity contribution is 5.58. The molecule has 1 saturated heterocycles. The summed E-state index contributed by atoms with van der Waals surface area (Å²) in [6.45, 7) is 1.77. The van der Waals surface area contributed by atoms with Gasteiger partial charge in [-0.15, -0.1) is 0 Å². The molecule has 7 nitrogen and oxygen atoms in total. The van der Waals surface area contributed by atoms with Crippen molar-refractivity contribution < 1.29 is 9.45 Å². The topological polar surface area (TPSA) is 94.1 Å².